The minimum absolute atomic E-state index is 0.968. The van der Waals surface area contributed by atoms with E-state index in [1.54, 1.807) is 0 Å². The fourth-order valence-corrected chi connectivity index (χ4v) is 2.95. The third-order valence-electron chi connectivity index (χ3n) is 3.91. The summed E-state index contributed by atoms with van der Waals surface area (Å²) in [6.45, 7) is 10.6. The van der Waals surface area contributed by atoms with Crippen molar-refractivity contribution >= 4 is 19.2 Å². The highest BCUT2D eigenvalue weighted by molar-refractivity contribution is 5.58. The standard InChI is InChI=1S/C19H18/c1-4-15-12-11-14(3)19-17(15)10-6-9-16-8-5-7-13(2)18(16)19/h5-8,10-12H,2-4,9H2,1H3. The van der Waals surface area contributed by atoms with Crippen molar-refractivity contribution in [2.24, 2.45) is 0 Å². The summed E-state index contributed by atoms with van der Waals surface area (Å²) in [5.41, 5.74) is 4.06. The van der Waals surface area contributed by atoms with Gasteiger partial charge in [0.15, 0.2) is 0 Å². The maximum absolute atomic E-state index is 4.23. The Bertz CT molecular complexity index is 854. The Morgan fingerprint density at radius 3 is 2.58 bits per heavy atom. The smallest absolute Gasteiger partial charge is 0.00335 e. The molecule has 0 atom stereocenters. The zero-order valence-electron chi connectivity index (χ0n) is 11.4. The van der Waals surface area contributed by atoms with Gasteiger partial charge in [-0.3, -0.25) is 0 Å². The van der Waals surface area contributed by atoms with Crippen molar-refractivity contribution in [1.82, 2.24) is 0 Å². The van der Waals surface area contributed by atoms with Crippen LogP contribution in [0.1, 0.15) is 23.6 Å². The zero-order chi connectivity index (χ0) is 13.4. The molecule has 0 radical (unpaired) electrons. The number of fused-ring (bicyclic) bond motifs is 2. The number of hydrogen-bond acceptors (Lipinski definition) is 0. The zero-order valence-corrected chi connectivity index (χ0v) is 11.4. The van der Waals surface area contributed by atoms with E-state index < -0.39 is 0 Å². The molecule has 0 amide bonds. The van der Waals surface area contributed by atoms with Gasteiger partial charge in [-0.15, -0.1) is 0 Å². The van der Waals surface area contributed by atoms with Gasteiger partial charge in [0.05, 0.1) is 0 Å². The minimum Gasteiger partial charge on any atom is -0.0911 e. The second-order valence-electron chi connectivity index (χ2n) is 5.08. The highest BCUT2D eigenvalue weighted by Crippen LogP contribution is 2.16. The predicted octanol–water partition coefficient (Wildman–Crippen LogP) is 2.93. The number of aryl methyl sites for hydroxylation is 1. The van der Waals surface area contributed by atoms with Gasteiger partial charge in [0, 0.05) is 0 Å². The molecular weight excluding hydrogens is 228 g/mol. The van der Waals surface area contributed by atoms with Crippen molar-refractivity contribution in [1.29, 1.82) is 0 Å². The molecule has 0 spiro atoms. The van der Waals surface area contributed by atoms with E-state index in [-0.39, 0.29) is 0 Å². The SMILES string of the molecule is C=c1cccc2c1=c1c(c(CC)ccc1=C)C=CC2. The molecule has 0 heteroatoms. The summed E-state index contributed by atoms with van der Waals surface area (Å²) >= 11 is 0. The highest BCUT2D eigenvalue weighted by Gasteiger charge is 2.06. The molecule has 2 aromatic rings. The van der Waals surface area contributed by atoms with Gasteiger partial charge in [-0.05, 0) is 50.4 Å². The quantitative estimate of drug-likeness (QED) is 0.726. The normalized spacial score (nSPS) is 12.7. The fourth-order valence-electron chi connectivity index (χ4n) is 2.95. The third kappa shape index (κ3) is 1.84. The van der Waals surface area contributed by atoms with E-state index in [4.69, 9.17) is 0 Å². The molecular formula is C19H18. The Balaban J connectivity index is 2.74. The number of hydrogen-bond donors (Lipinski definition) is 0. The van der Waals surface area contributed by atoms with E-state index in [1.165, 1.54) is 27.1 Å². The van der Waals surface area contributed by atoms with Crippen LogP contribution < -0.4 is 10.4 Å². The fraction of sp³-hybridized carbons (Fsp3) is 0.158. The van der Waals surface area contributed by atoms with E-state index >= 15 is 0 Å². The number of rotatable bonds is 1. The van der Waals surface area contributed by atoms with Crippen molar-refractivity contribution in [2.75, 3.05) is 0 Å². The molecule has 0 aliphatic heterocycles. The van der Waals surface area contributed by atoms with E-state index in [0.29, 0.717) is 0 Å². The topological polar surface area (TPSA) is 0 Å². The van der Waals surface area contributed by atoms with Crippen LogP contribution in [0.3, 0.4) is 0 Å². The van der Waals surface area contributed by atoms with Crippen LogP contribution in [0.25, 0.3) is 19.2 Å². The molecule has 0 saturated heterocycles. The first-order chi connectivity index (χ1) is 9.22. The molecule has 0 nitrogen and oxygen atoms in total. The first-order valence-corrected chi connectivity index (χ1v) is 6.81. The molecule has 3 rings (SSSR count). The average Bonchev–Trinajstić information content (AvgIpc) is 2.60. The Kier molecular flexibility index (Phi) is 2.87. The molecule has 94 valence electrons. The van der Waals surface area contributed by atoms with Crippen LogP contribution >= 0.6 is 0 Å². The molecule has 0 aromatic heterocycles. The van der Waals surface area contributed by atoms with Crippen molar-refractivity contribution in [3.63, 3.8) is 0 Å². The Morgan fingerprint density at radius 1 is 1.00 bits per heavy atom. The molecule has 1 aliphatic carbocycles. The lowest BCUT2D eigenvalue weighted by atomic mass is 9.99. The van der Waals surface area contributed by atoms with Crippen LogP contribution in [-0.4, -0.2) is 0 Å². The van der Waals surface area contributed by atoms with Gasteiger partial charge in [-0.2, -0.15) is 0 Å². The molecule has 19 heavy (non-hydrogen) atoms. The number of benzene rings is 2. The van der Waals surface area contributed by atoms with Gasteiger partial charge in [-0.1, -0.05) is 62.6 Å². The first kappa shape index (κ1) is 12.0. The van der Waals surface area contributed by atoms with Crippen LogP contribution in [0, 0.1) is 10.4 Å². The second-order valence-corrected chi connectivity index (χ2v) is 5.08. The van der Waals surface area contributed by atoms with Crippen LogP contribution in [0.4, 0.5) is 0 Å². The lowest BCUT2D eigenvalue weighted by molar-refractivity contribution is 1.12. The van der Waals surface area contributed by atoms with Crippen molar-refractivity contribution in [3.05, 3.63) is 74.0 Å². The maximum atomic E-state index is 4.23. The van der Waals surface area contributed by atoms with Gasteiger partial charge in [0.1, 0.15) is 0 Å². The molecule has 0 unspecified atom stereocenters. The Labute approximate surface area is 113 Å². The van der Waals surface area contributed by atoms with E-state index in [2.05, 4.69) is 62.6 Å². The van der Waals surface area contributed by atoms with Crippen molar-refractivity contribution < 1.29 is 0 Å². The molecule has 0 bridgehead atoms. The average molecular weight is 246 g/mol. The monoisotopic (exact) mass is 246 g/mol. The van der Waals surface area contributed by atoms with Gasteiger partial charge >= 0.3 is 0 Å². The highest BCUT2D eigenvalue weighted by atomic mass is 14.1. The van der Waals surface area contributed by atoms with E-state index in [9.17, 15) is 0 Å². The molecule has 1 aliphatic rings. The summed E-state index contributed by atoms with van der Waals surface area (Å²) in [6.07, 6.45) is 6.52. The third-order valence-corrected chi connectivity index (χ3v) is 3.91. The van der Waals surface area contributed by atoms with Gasteiger partial charge in [-0.25, -0.2) is 0 Å². The van der Waals surface area contributed by atoms with Crippen LogP contribution in [0.15, 0.2) is 36.4 Å². The molecule has 0 saturated carbocycles. The summed E-state index contributed by atoms with van der Waals surface area (Å²) < 4.78 is 0. The van der Waals surface area contributed by atoms with Gasteiger partial charge in [0.2, 0.25) is 0 Å². The summed E-state index contributed by atoms with van der Waals surface area (Å²) in [4.78, 5) is 0. The summed E-state index contributed by atoms with van der Waals surface area (Å²) in [5.74, 6) is 0. The van der Waals surface area contributed by atoms with Crippen LogP contribution in [0.2, 0.25) is 0 Å². The second kappa shape index (κ2) is 4.55. The summed E-state index contributed by atoms with van der Waals surface area (Å²) in [7, 11) is 0. The lowest BCUT2D eigenvalue weighted by Crippen LogP contribution is -2.11. The summed E-state index contributed by atoms with van der Waals surface area (Å²) in [6, 6.07) is 10.7. The van der Waals surface area contributed by atoms with Gasteiger partial charge < -0.3 is 0 Å². The van der Waals surface area contributed by atoms with Crippen LogP contribution in [-0.2, 0) is 12.8 Å². The van der Waals surface area contributed by atoms with Crippen molar-refractivity contribution in [2.45, 2.75) is 19.8 Å². The molecule has 0 heterocycles. The summed E-state index contributed by atoms with van der Waals surface area (Å²) in [5, 5.41) is 4.74. The largest absolute Gasteiger partial charge is 0.0911 e. The molecule has 0 fully saturated rings. The molecule has 0 N–H and O–H groups in total. The molecule has 2 aromatic carbocycles. The minimum atomic E-state index is 0.968. The number of allylic oxidation sites excluding steroid dienone is 1. The Morgan fingerprint density at radius 2 is 1.79 bits per heavy atom. The van der Waals surface area contributed by atoms with E-state index in [1.807, 2.05) is 0 Å². The van der Waals surface area contributed by atoms with Crippen LogP contribution in [0.5, 0.6) is 0 Å². The van der Waals surface area contributed by atoms with E-state index in [0.717, 1.165) is 23.3 Å². The van der Waals surface area contributed by atoms with Crippen molar-refractivity contribution in [3.8, 4) is 0 Å². The predicted molar refractivity (Wildman–Crippen MR) is 83.0 cm³/mol. The maximum Gasteiger partial charge on any atom is -0.00335 e. The first-order valence-electron chi connectivity index (χ1n) is 6.81. The lowest BCUT2D eigenvalue weighted by Gasteiger charge is -2.05. The van der Waals surface area contributed by atoms with Gasteiger partial charge in [0.25, 0.3) is 0 Å². The Hall–Kier alpha value is -2.08.